The van der Waals surface area contributed by atoms with E-state index in [1.165, 1.54) is 12.1 Å². The minimum atomic E-state index is -1.15. The first-order valence-electron chi connectivity index (χ1n) is 4.51. The second-order valence-electron chi connectivity index (χ2n) is 3.13. The number of hydrogen-bond acceptors (Lipinski definition) is 3. The van der Waals surface area contributed by atoms with E-state index in [4.69, 9.17) is 17.3 Å². The number of amides is 2. The van der Waals surface area contributed by atoms with Crippen molar-refractivity contribution in [1.82, 2.24) is 5.43 Å². The van der Waals surface area contributed by atoms with Crippen molar-refractivity contribution in [2.24, 2.45) is 10.8 Å². The molecule has 2 amide bonds. The summed E-state index contributed by atoms with van der Waals surface area (Å²) in [7, 11) is 0. The van der Waals surface area contributed by atoms with E-state index in [0.29, 0.717) is 11.3 Å². The van der Waals surface area contributed by atoms with Gasteiger partial charge in [0.15, 0.2) is 0 Å². The van der Waals surface area contributed by atoms with Crippen LogP contribution in [-0.2, 0) is 9.59 Å². The molecule has 0 radical (unpaired) electrons. The molecule has 0 aliphatic rings. The number of carbonyl (C=O) groups is 2. The van der Waals surface area contributed by atoms with Crippen molar-refractivity contribution in [1.29, 1.82) is 0 Å². The standard InChI is InChI=1S/C10H9ClFN3O2/c1-5(14-15-10(17)9(13)16)7-3-2-6(12)4-8(7)11/h2-4H,1H3,(H2,13,16)(H,15,17)/b14-5-. The Hall–Kier alpha value is -1.95. The van der Waals surface area contributed by atoms with Gasteiger partial charge in [0.05, 0.1) is 10.7 Å². The monoisotopic (exact) mass is 257 g/mol. The fourth-order valence-corrected chi connectivity index (χ4v) is 1.34. The quantitative estimate of drug-likeness (QED) is 0.467. The maximum Gasteiger partial charge on any atom is 0.329 e. The van der Waals surface area contributed by atoms with Gasteiger partial charge in [0.1, 0.15) is 5.82 Å². The Morgan fingerprint density at radius 2 is 2.12 bits per heavy atom. The number of primary amides is 1. The van der Waals surface area contributed by atoms with Crippen molar-refractivity contribution in [3.8, 4) is 0 Å². The van der Waals surface area contributed by atoms with Crippen LogP contribution in [0.5, 0.6) is 0 Å². The van der Waals surface area contributed by atoms with Crippen LogP contribution in [0.25, 0.3) is 0 Å². The van der Waals surface area contributed by atoms with E-state index < -0.39 is 17.6 Å². The van der Waals surface area contributed by atoms with E-state index in [2.05, 4.69) is 5.10 Å². The molecule has 5 nitrogen and oxygen atoms in total. The Bertz CT molecular complexity index is 502. The topological polar surface area (TPSA) is 84.6 Å². The molecule has 90 valence electrons. The lowest BCUT2D eigenvalue weighted by Gasteiger charge is -2.03. The predicted octanol–water partition coefficient (Wildman–Crippen LogP) is 0.805. The van der Waals surface area contributed by atoms with Gasteiger partial charge in [0.25, 0.3) is 0 Å². The Morgan fingerprint density at radius 1 is 1.47 bits per heavy atom. The number of benzene rings is 1. The SMILES string of the molecule is C/C(=N/NC(=O)C(N)=O)c1ccc(F)cc1Cl. The van der Waals surface area contributed by atoms with Gasteiger partial charge in [-0.1, -0.05) is 11.6 Å². The van der Waals surface area contributed by atoms with Crippen molar-refractivity contribution in [2.75, 3.05) is 0 Å². The largest absolute Gasteiger partial charge is 0.361 e. The summed E-state index contributed by atoms with van der Waals surface area (Å²) in [6.45, 7) is 1.54. The normalized spacial score (nSPS) is 11.1. The molecular formula is C10H9ClFN3O2. The summed E-state index contributed by atoms with van der Waals surface area (Å²) in [4.78, 5) is 21.3. The van der Waals surface area contributed by atoms with Gasteiger partial charge in [-0.05, 0) is 25.1 Å². The van der Waals surface area contributed by atoms with Crippen molar-refractivity contribution in [3.05, 3.63) is 34.6 Å². The lowest BCUT2D eigenvalue weighted by Crippen LogP contribution is -2.33. The van der Waals surface area contributed by atoms with E-state index in [1.807, 2.05) is 5.43 Å². The number of carbonyl (C=O) groups excluding carboxylic acids is 2. The average molecular weight is 258 g/mol. The number of nitrogens with one attached hydrogen (secondary N) is 1. The zero-order valence-electron chi connectivity index (χ0n) is 8.83. The lowest BCUT2D eigenvalue weighted by atomic mass is 10.1. The zero-order valence-corrected chi connectivity index (χ0v) is 9.58. The highest BCUT2D eigenvalue weighted by atomic mass is 35.5. The van der Waals surface area contributed by atoms with Crippen molar-refractivity contribution in [3.63, 3.8) is 0 Å². The molecule has 0 aliphatic carbocycles. The summed E-state index contributed by atoms with van der Waals surface area (Å²) in [5, 5.41) is 3.77. The summed E-state index contributed by atoms with van der Waals surface area (Å²) >= 11 is 5.78. The van der Waals surface area contributed by atoms with Crippen LogP contribution in [0.4, 0.5) is 4.39 Å². The summed E-state index contributed by atoms with van der Waals surface area (Å²) in [5.74, 6) is -2.66. The number of hydrogen-bond donors (Lipinski definition) is 2. The zero-order chi connectivity index (χ0) is 13.0. The predicted molar refractivity (Wildman–Crippen MR) is 61.0 cm³/mol. The first-order chi connectivity index (χ1) is 7.91. The van der Waals surface area contributed by atoms with Gasteiger partial charge in [-0.15, -0.1) is 0 Å². The number of rotatable bonds is 2. The van der Waals surface area contributed by atoms with Crippen molar-refractivity contribution >= 4 is 29.1 Å². The van der Waals surface area contributed by atoms with Crippen LogP contribution < -0.4 is 11.2 Å². The van der Waals surface area contributed by atoms with Gasteiger partial charge < -0.3 is 5.73 Å². The molecule has 0 aromatic heterocycles. The molecule has 1 rings (SSSR count). The summed E-state index contributed by atoms with van der Waals surface area (Å²) < 4.78 is 12.8. The molecule has 0 heterocycles. The molecule has 0 aliphatic heterocycles. The van der Waals surface area contributed by atoms with Gasteiger partial charge in [-0.3, -0.25) is 9.59 Å². The number of nitrogens with two attached hydrogens (primary N) is 1. The molecule has 7 heteroatoms. The summed E-state index contributed by atoms with van der Waals surface area (Å²) in [6, 6.07) is 3.73. The van der Waals surface area contributed by atoms with Crippen LogP contribution >= 0.6 is 11.6 Å². The highest BCUT2D eigenvalue weighted by molar-refractivity contribution is 6.35. The fourth-order valence-electron chi connectivity index (χ4n) is 1.03. The molecule has 3 N–H and O–H groups in total. The van der Waals surface area contributed by atoms with E-state index in [1.54, 1.807) is 6.92 Å². The van der Waals surface area contributed by atoms with Gasteiger partial charge in [-0.25, -0.2) is 9.82 Å². The molecule has 0 atom stereocenters. The van der Waals surface area contributed by atoms with Crippen LogP contribution in [0.1, 0.15) is 12.5 Å². The van der Waals surface area contributed by atoms with Gasteiger partial charge in [-0.2, -0.15) is 5.10 Å². The number of halogens is 2. The molecule has 1 aromatic carbocycles. The van der Waals surface area contributed by atoms with Crippen LogP contribution in [0, 0.1) is 5.82 Å². The third kappa shape index (κ3) is 3.53. The second kappa shape index (κ2) is 5.40. The first kappa shape index (κ1) is 13.1. The van der Waals surface area contributed by atoms with Gasteiger partial charge in [0, 0.05) is 5.56 Å². The average Bonchev–Trinajstić information content (AvgIpc) is 2.25. The molecule has 1 aromatic rings. The van der Waals surface area contributed by atoms with Crippen LogP contribution in [0.15, 0.2) is 23.3 Å². The molecular weight excluding hydrogens is 249 g/mol. The Labute approximate surface area is 101 Å². The fraction of sp³-hybridized carbons (Fsp3) is 0.100. The van der Waals surface area contributed by atoms with Gasteiger partial charge >= 0.3 is 11.8 Å². The Balaban J connectivity index is 2.89. The van der Waals surface area contributed by atoms with Crippen molar-refractivity contribution < 1.29 is 14.0 Å². The molecule has 0 saturated carbocycles. The summed E-state index contributed by atoms with van der Waals surface area (Å²) in [6.07, 6.45) is 0. The first-order valence-corrected chi connectivity index (χ1v) is 4.89. The third-order valence-corrected chi connectivity index (χ3v) is 2.18. The van der Waals surface area contributed by atoms with E-state index >= 15 is 0 Å². The molecule has 17 heavy (non-hydrogen) atoms. The third-order valence-electron chi connectivity index (χ3n) is 1.87. The maximum atomic E-state index is 12.8. The highest BCUT2D eigenvalue weighted by Crippen LogP contribution is 2.17. The number of hydrazone groups is 1. The minimum absolute atomic E-state index is 0.152. The van der Waals surface area contributed by atoms with Crippen LogP contribution in [-0.4, -0.2) is 17.5 Å². The number of nitrogens with zero attached hydrogens (tertiary/aromatic N) is 1. The Kier molecular flexibility index (Phi) is 4.17. The molecule has 0 saturated heterocycles. The molecule has 0 unspecified atom stereocenters. The Morgan fingerprint density at radius 3 is 2.65 bits per heavy atom. The van der Waals surface area contributed by atoms with Crippen LogP contribution in [0.2, 0.25) is 5.02 Å². The lowest BCUT2D eigenvalue weighted by molar-refractivity contribution is -0.137. The minimum Gasteiger partial charge on any atom is -0.361 e. The molecule has 0 fully saturated rings. The molecule has 0 spiro atoms. The second-order valence-corrected chi connectivity index (χ2v) is 3.53. The highest BCUT2D eigenvalue weighted by Gasteiger charge is 2.08. The molecule has 0 bridgehead atoms. The van der Waals surface area contributed by atoms with Crippen molar-refractivity contribution in [2.45, 2.75) is 6.92 Å². The van der Waals surface area contributed by atoms with Crippen LogP contribution in [0.3, 0.4) is 0 Å². The smallest absolute Gasteiger partial charge is 0.329 e. The van der Waals surface area contributed by atoms with E-state index in [9.17, 15) is 14.0 Å². The maximum absolute atomic E-state index is 12.8. The van der Waals surface area contributed by atoms with E-state index in [-0.39, 0.29) is 5.02 Å². The van der Waals surface area contributed by atoms with Gasteiger partial charge in [0.2, 0.25) is 0 Å². The van der Waals surface area contributed by atoms with E-state index in [0.717, 1.165) is 6.07 Å². The summed E-state index contributed by atoms with van der Waals surface area (Å²) in [5.41, 5.74) is 7.43.